The van der Waals surface area contributed by atoms with Crippen LogP contribution in [0.4, 0.5) is 23.3 Å². The van der Waals surface area contributed by atoms with Crippen molar-refractivity contribution in [1.82, 2.24) is 90.5 Å². The van der Waals surface area contributed by atoms with Crippen molar-refractivity contribution in [2.24, 2.45) is 0 Å². The molecule has 2 atom stereocenters. The van der Waals surface area contributed by atoms with Gasteiger partial charge in [-0.25, -0.2) is 39.3 Å². The summed E-state index contributed by atoms with van der Waals surface area (Å²) >= 11 is 0. The Balaban J connectivity index is 0.000000175. The summed E-state index contributed by atoms with van der Waals surface area (Å²) in [5.41, 5.74) is 5.49. The van der Waals surface area contributed by atoms with Crippen molar-refractivity contribution in [2.45, 2.75) is 128 Å². The summed E-state index contributed by atoms with van der Waals surface area (Å²) in [7, 11) is 3.24. The van der Waals surface area contributed by atoms with Crippen LogP contribution in [0.1, 0.15) is 135 Å². The fourth-order valence-electron chi connectivity index (χ4n) is 11.2. The van der Waals surface area contributed by atoms with Gasteiger partial charge in [0.25, 0.3) is 11.8 Å². The van der Waals surface area contributed by atoms with Gasteiger partial charge >= 0.3 is 0 Å². The molecule has 12 rings (SSSR count). The number of aromatic amines is 2. The molecule has 24 nitrogen and oxygen atoms in total. The normalized spacial score (nSPS) is 19.5. The average Bonchev–Trinajstić information content (AvgIpc) is 2.64. The van der Waals surface area contributed by atoms with Gasteiger partial charge in [0.05, 0.1) is 34.5 Å². The first-order chi connectivity index (χ1) is 40.7. The molecule has 2 fully saturated rings. The first-order valence-electron chi connectivity index (χ1n) is 28.2. The number of ether oxygens (including phenoxy) is 2. The Morgan fingerprint density at radius 2 is 0.976 bits per heavy atom. The lowest BCUT2D eigenvalue weighted by molar-refractivity contribution is -0.149. The van der Waals surface area contributed by atoms with E-state index in [4.69, 9.17) is 19.4 Å². The van der Waals surface area contributed by atoms with Crippen LogP contribution in [0.15, 0.2) is 110 Å². The highest BCUT2D eigenvalue weighted by Crippen LogP contribution is 2.44. The lowest BCUT2D eigenvalue weighted by Gasteiger charge is -2.38. The van der Waals surface area contributed by atoms with Crippen molar-refractivity contribution in [2.75, 3.05) is 24.9 Å². The van der Waals surface area contributed by atoms with E-state index in [0.717, 1.165) is 81.4 Å². The number of nitrogens with one attached hydrogen (secondary N) is 6. The highest BCUT2D eigenvalue weighted by molar-refractivity contribution is 5.88. The molecule has 0 radical (unpaired) electrons. The van der Waals surface area contributed by atoms with Crippen LogP contribution in [0.2, 0.25) is 0 Å². The van der Waals surface area contributed by atoms with Gasteiger partial charge in [-0.05, 0) is 140 Å². The highest BCUT2D eigenvalue weighted by atomic mass is 16.5. The van der Waals surface area contributed by atoms with E-state index in [9.17, 15) is 9.59 Å². The van der Waals surface area contributed by atoms with Crippen molar-refractivity contribution in [1.29, 1.82) is 0 Å². The molecule has 84 heavy (non-hydrogen) atoms. The Bertz CT molecular complexity index is 3660. The quantitative estimate of drug-likeness (QED) is 0.0525. The van der Waals surface area contributed by atoms with Crippen molar-refractivity contribution in [3.05, 3.63) is 156 Å². The largest absolute Gasteiger partial charge is 0.368 e. The average molecular weight is 1130 g/mol. The van der Waals surface area contributed by atoms with E-state index in [2.05, 4.69) is 81.8 Å². The summed E-state index contributed by atoms with van der Waals surface area (Å²) in [5, 5.41) is 38.0. The second-order valence-electron chi connectivity index (χ2n) is 21.8. The molecule has 6 N–H and O–H groups in total. The van der Waals surface area contributed by atoms with Crippen molar-refractivity contribution < 1.29 is 19.1 Å². The SMILES string of the molecule is COC1(C(=O)N[C@@H](C)c2ccc(-n3cnc(C)n3)nc2)CCC(c2nc(Nc3cc(C)[nH]n3)cc3cccnc23)CC1.COC1(C(=O)N[C@@H](C)c2ccc(-n3cnc(C)n3)nc2)CCC(c2nc(Nc3cc(C)[nH]n3)cc3cccnc23)CC1. The van der Waals surface area contributed by atoms with Gasteiger partial charge in [-0.2, -0.15) is 20.4 Å². The van der Waals surface area contributed by atoms with E-state index in [1.54, 1.807) is 61.0 Å². The minimum Gasteiger partial charge on any atom is -0.368 e. The minimum absolute atomic E-state index is 0.118. The van der Waals surface area contributed by atoms with Gasteiger partial charge in [-0.1, -0.05) is 24.3 Å². The first-order valence-corrected chi connectivity index (χ1v) is 28.2. The van der Waals surface area contributed by atoms with Crippen molar-refractivity contribution in [3.63, 3.8) is 0 Å². The van der Waals surface area contributed by atoms with E-state index in [-0.39, 0.29) is 35.7 Å². The maximum Gasteiger partial charge on any atom is 0.252 e. The third-order valence-electron chi connectivity index (χ3n) is 16.0. The second kappa shape index (κ2) is 24.2. The number of carbonyl (C=O) groups is 2. The number of aromatic nitrogens is 16. The zero-order valence-corrected chi connectivity index (χ0v) is 48.3. The molecular weight excluding hydrogens is 1060 g/mol. The van der Waals surface area contributed by atoms with Crippen LogP contribution in [-0.2, 0) is 19.1 Å². The predicted molar refractivity (Wildman–Crippen MR) is 315 cm³/mol. The summed E-state index contributed by atoms with van der Waals surface area (Å²) in [5.74, 6) is 5.56. The fourth-order valence-corrected chi connectivity index (χ4v) is 11.2. The Labute approximate surface area is 484 Å². The van der Waals surface area contributed by atoms with Crippen LogP contribution < -0.4 is 21.3 Å². The molecule has 2 saturated carbocycles. The summed E-state index contributed by atoms with van der Waals surface area (Å²) < 4.78 is 15.1. The number of carbonyl (C=O) groups excluding carboxylic acids is 2. The topological polar surface area (TPSA) is 297 Å². The Kier molecular flexibility index (Phi) is 16.3. The van der Waals surface area contributed by atoms with Gasteiger partial charge in [0, 0.05) is 85.1 Å². The van der Waals surface area contributed by atoms with E-state index in [0.29, 0.717) is 72.2 Å². The zero-order valence-electron chi connectivity index (χ0n) is 48.3. The second-order valence-corrected chi connectivity index (χ2v) is 21.8. The molecule has 0 aliphatic heterocycles. The van der Waals surface area contributed by atoms with E-state index >= 15 is 0 Å². The van der Waals surface area contributed by atoms with Crippen LogP contribution in [0.5, 0.6) is 0 Å². The number of H-pyrrole nitrogens is 2. The maximum atomic E-state index is 13.6. The Hall–Kier alpha value is -9.42. The van der Waals surface area contributed by atoms with Crippen LogP contribution in [0.3, 0.4) is 0 Å². The first kappa shape index (κ1) is 56.4. The van der Waals surface area contributed by atoms with Crippen LogP contribution in [0.25, 0.3) is 33.4 Å². The Morgan fingerprint density at radius 3 is 1.31 bits per heavy atom. The lowest BCUT2D eigenvalue weighted by Crippen LogP contribution is -2.50. The van der Waals surface area contributed by atoms with Gasteiger partial charge in [0.15, 0.2) is 23.3 Å². The molecule has 2 aliphatic rings. The molecule has 432 valence electrons. The number of anilines is 4. The Morgan fingerprint density at radius 1 is 0.560 bits per heavy atom. The molecule has 2 amide bonds. The van der Waals surface area contributed by atoms with Crippen LogP contribution >= 0.6 is 0 Å². The number of rotatable bonds is 16. The van der Waals surface area contributed by atoms with Gasteiger partial charge in [0.1, 0.15) is 47.1 Å². The van der Waals surface area contributed by atoms with Crippen LogP contribution in [0, 0.1) is 27.7 Å². The van der Waals surface area contributed by atoms with Gasteiger partial charge in [0.2, 0.25) is 0 Å². The molecule has 10 aromatic heterocycles. The minimum atomic E-state index is -0.915. The molecule has 10 aromatic rings. The summed E-state index contributed by atoms with van der Waals surface area (Å²) in [6.45, 7) is 11.5. The van der Waals surface area contributed by atoms with Crippen LogP contribution in [-0.4, -0.2) is 117 Å². The van der Waals surface area contributed by atoms with Gasteiger partial charge < -0.3 is 30.7 Å². The third-order valence-corrected chi connectivity index (χ3v) is 16.0. The van der Waals surface area contributed by atoms with E-state index in [1.807, 2.05) is 114 Å². The number of amides is 2. The number of hydrogen-bond donors (Lipinski definition) is 6. The smallest absolute Gasteiger partial charge is 0.252 e. The summed E-state index contributed by atoms with van der Waals surface area (Å²) in [6.07, 6.45) is 15.6. The molecule has 0 aromatic carbocycles. The maximum absolute atomic E-state index is 13.6. The third kappa shape index (κ3) is 12.2. The number of methoxy groups -OCH3 is 2. The lowest BCUT2D eigenvalue weighted by atomic mass is 9.76. The zero-order chi connectivity index (χ0) is 58.5. The number of nitrogens with zero attached hydrogens (tertiary/aromatic N) is 14. The molecule has 2 aliphatic carbocycles. The van der Waals surface area contributed by atoms with Crippen molar-refractivity contribution >= 4 is 56.9 Å². The van der Waals surface area contributed by atoms with Gasteiger partial charge in [-0.3, -0.25) is 29.8 Å². The van der Waals surface area contributed by atoms with Gasteiger partial charge in [-0.15, -0.1) is 0 Å². The molecule has 0 unspecified atom stereocenters. The standard InChI is InChI=1S/2C30H34N10O2/c2*1-18-14-25(38-37-18)35-24-15-22-6-5-13-31-27(22)28(36-24)21-9-11-30(42-4,12-10-21)29(41)34-19(2)23-7-8-26(32-16-23)40-17-33-20(3)39-40/h2*5-8,13-17,19,21H,9-12H2,1-4H3,(H,34,41)(H2,35,36,37,38)/t2*19-,21?,30?/m00/s1. The van der Waals surface area contributed by atoms with Crippen molar-refractivity contribution in [3.8, 4) is 11.6 Å². The highest BCUT2D eigenvalue weighted by Gasteiger charge is 2.45. The molecule has 0 spiro atoms. The predicted octanol–water partition coefficient (Wildman–Crippen LogP) is 9.22. The molecule has 10 heterocycles. The fraction of sp³-hybridized carbons (Fsp3) is 0.367. The van der Waals surface area contributed by atoms with E-state index < -0.39 is 11.2 Å². The number of fused-ring (bicyclic) bond motifs is 2. The molecular formula is C60H68N20O4. The number of aryl methyl sites for hydroxylation is 4. The number of pyridine rings is 6. The van der Waals surface area contributed by atoms with E-state index in [1.165, 1.54) is 0 Å². The molecule has 24 heteroatoms. The summed E-state index contributed by atoms with van der Waals surface area (Å²) in [6, 6.07) is 22.9. The molecule has 0 bridgehead atoms. The summed E-state index contributed by atoms with van der Waals surface area (Å²) in [4.78, 5) is 63.8. The number of hydrogen-bond acceptors (Lipinski definition) is 18. The monoisotopic (exact) mass is 1130 g/mol. The molecule has 0 saturated heterocycles.